The van der Waals surface area contributed by atoms with Crippen LogP contribution in [0, 0.1) is 6.92 Å². The maximum Gasteiger partial charge on any atom is 0.357 e. The summed E-state index contributed by atoms with van der Waals surface area (Å²) < 4.78 is 4.94. The van der Waals surface area contributed by atoms with E-state index in [-0.39, 0.29) is 11.9 Å². The van der Waals surface area contributed by atoms with Gasteiger partial charge in [0.2, 0.25) is 0 Å². The second-order valence-corrected chi connectivity index (χ2v) is 5.58. The molecule has 1 N–H and O–H groups in total. The van der Waals surface area contributed by atoms with Crippen LogP contribution in [0.5, 0.6) is 0 Å². The number of nitrogens with one attached hydrogen (secondary N) is 1. The number of esters is 1. The summed E-state index contributed by atoms with van der Waals surface area (Å²) in [4.78, 5) is 28.6. The van der Waals surface area contributed by atoms with E-state index in [1.54, 1.807) is 7.05 Å². The fourth-order valence-corrected chi connectivity index (χ4v) is 3.24. The van der Waals surface area contributed by atoms with Crippen molar-refractivity contribution in [2.24, 2.45) is 0 Å². The molecule has 3 rings (SSSR count). The molecule has 1 amide bonds. The summed E-state index contributed by atoms with van der Waals surface area (Å²) in [7, 11) is 3.11. The quantitative estimate of drug-likeness (QED) is 0.619. The maximum atomic E-state index is 12.5. The van der Waals surface area contributed by atoms with Gasteiger partial charge < -0.3 is 15.0 Å². The summed E-state index contributed by atoms with van der Waals surface area (Å²) in [5.74, 6) is -0.878. The predicted octanol–water partition coefficient (Wildman–Crippen LogP) is 0.115. The standard InChI is InChI=1S/C15H19N3O3/c1-10-4-6-11(7-5-10)18-9-12-8-16-13(19)15(18,17(12)2)14(20)21-3/h4-7,12H,8-9H2,1-3H3,(H,16,19)/t12-,15+/m1/s1. The number of carbonyl (C=O) groups is 2. The highest BCUT2D eigenvalue weighted by Crippen LogP contribution is 2.37. The molecule has 0 unspecified atom stereocenters. The highest BCUT2D eigenvalue weighted by Gasteiger charge is 2.64. The first-order valence-corrected chi connectivity index (χ1v) is 6.95. The van der Waals surface area contributed by atoms with E-state index in [1.807, 2.05) is 41.0 Å². The molecule has 112 valence electrons. The Hall–Kier alpha value is -2.08. The van der Waals surface area contributed by atoms with Gasteiger partial charge in [-0.05, 0) is 26.1 Å². The van der Waals surface area contributed by atoms with E-state index in [9.17, 15) is 9.59 Å². The second kappa shape index (κ2) is 4.73. The number of nitrogens with zero attached hydrogens (tertiary/aromatic N) is 2. The SMILES string of the molecule is COC(=O)[C@]12C(=O)NC[C@H](CN1c1ccc(C)cc1)N2C. The minimum atomic E-state index is -1.41. The Morgan fingerprint density at radius 1 is 1.38 bits per heavy atom. The van der Waals surface area contributed by atoms with Crippen LogP contribution in [0.2, 0.25) is 0 Å². The number of anilines is 1. The molecule has 0 spiro atoms. The smallest absolute Gasteiger partial charge is 0.357 e. The largest absolute Gasteiger partial charge is 0.466 e. The number of rotatable bonds is 2. The lowest BCUT2D eigenvalue weighted by atomic mass is 10.0. The molecule has 2 heterocycles. The van der Waals surface area contributed by atoms with Crippen LogP contribution in [0.3, 0.4) is 0 Å². The molecule has 2 aliphatic rings. The van der Waals surface area contributed by atoms with Crippen molar-refractivity contribution in [3.63, 3.8) is 0 Å². The van der Waals surface area contributed by atoms with E-state index in [1.165, 1.54) is 7.11 Å². The fraction of sp³-hybridized carbons (Fsp3) is 0.467. The van der Waals surface area contributed by atoms with Crippen molar-refractivity contribution in [1.82, 2.24) is 10.2 Å². The maximum absolute atomic E-state index is 12.5. The predicted molar refractivity (Wildman–Crippen MR) is 77.8 cm³/mol. The van der Waals surface area contributed by atoms with Gasteiger partial charge in [0, 0.05) is 24.8 Å². The second-order valence-electron chi connectivity index (χ2n) is 5.58. The van der Waals surface area contributed by atoms with Crippen molar-refractivity contribution >= 4 is 17.6 Å². The lowest BCUT2D eigenvalue weighted by Gasteiger charge is -2.41. The number of benzene rings is 1. The van der Waals surface area contributed by atoms with Crippen LogP contribution in [-0.2, 0) is 14.3 Å². The van der Waals surface area contributed by atoms with E-state index in [0.717, 1.165) is 11.3 Å². The van der Waals surface area contributed by atoms with Gasteiger partial charge in [0.15, 0.2) is 0 Å². The number of aryl methyl sites for hydroxylation is 1. The third kappa shape index (κ3) is 1.75. The summed E-state index contributed by atoms with van der Waals surface area (Å²) in [6.45, 7) is 3.14. The topological polar surface area (TPSA) is 61.9 Å². The van der Waals surface area contributed by atoms with Gasteiger partial charge in [-0.3, -0.25) is 9.69 Å². The first-order chi connectivity index (χ1) is 10.0. The highest BCUT2D eigenvalue weighted by atomic mass is 16.5. The van der Waals surface area contributed by atoms with Gasteiger partial charge in [0.1, 0.15) is 0 Å². The molecule has 21 heavy (non-hydrogen) atoms. The molecule has 1 aromatic rings. The molecule has 2 atom stereocenters. The number of hydrogen-bond donors (Lipinski definition) is 1. The Morgan fingerprint density at radius 2 is 2.05 bits per heavy atom. The number of amides is 1. The van der Waals surface area contributed by atoms with Crippen LogP contribution in [0.4, 0.5) is 5.69 Å². The minimum absolute atomic E-state index is 0.0862. The zero-order valence-electron chi connectivity index (χ0n) is 12.4. The number of piperazine rings is 1. The van der Waals surface area contributed by atoms with Crippen LogP contribution < -0.4 is 10.2 Å². The molecule has 2 aliphatic heterocycles. The minimum Gasteiger partial charge on any atom is -0.466 e. The number of likely N-dealkylation sites (N-methyl/N-ethyl adjacent to an activating group) is 1. The molecule has 0 radical (unpaired) electrons. The Balaban J connectivity index is 2.12. The Kier molecular flexibility index (Phi) is 3.13. The zero-order valence-corrected chi connectivity index (χ0v) is 12.4. The molecule has 6 heteroatoms. The number of fused-ring (bicyclic) bond motifs is 2. The van der Waals surface area contributed by atoms with Gasteiger partial charge in [-0.2, -0.15) is 0 Å². The fourth-order valence-electron chi connectivity index (χ4n) is 3.24. The molecule has 2 bridgehead atoms. The van der Waals surface area contributed by atoms with Gasteiger partial charge in [-0.25, -0.2) is 4.79 Å². The van der Waals surface area contributed by atoms with E-state index >= 15 is 0 Å². The first kappa shape index (κ1) is 13.9. The van der Waals surface area contributed by atoms with Crippen LogP contribution in [0.1, 0.15) is 5.56 Å². The lowest BCUT2D eigenvalue weighted by molar-refractivity contribution is -0.161. The lowest BCUT2D eigenvalue weighted by Crippen LogP contribution is -2.71. The molecule has 1 aromatic carbocycles. The van der Waals surface area contributed by atoms with E-state index < -0.39 is 11.6 Å². The number of ether oxygens (including phenoxy) is 1. The monoisotopic (exact) mass is 289 g/mol. The molecule has 0 aromatic heterocycles. The van der Waals surface area contributed by atoms with Crippen molar-refractivity contribution in [2.75, 3.05) is 32.1 Å². The summed E-state index contributed by atoms with van der Waals surface area (Å²) in [6.07, 6.45) is 0. The van der Waals surface area contributed by atoms with Gasteiger partial charge >= 0.3 is 5.97 Å². The third-order valence-electron chi connectivity index (χ3n) is 4.47. The van der Waals surface area contributed by atoms with Crippen molar-refractivity contribution in [3.05, 3.63) is 29.8 Å². The summed E-state index contributed by atoms with van der Waals surface area (Å²) in [5.41, 5.74) is 0.565. The summed E-state index contributed by atoms with van der Waals surface area (Å²) >= 11 is 0. The van der Waals surface area contributed by atoms with E-state index in [2.05, 4.69) is 5.32 Å². The molecule has 0 aliphatic carbocycles. The number of carbonyl (C=O) groups excluding carboxylic acids is 2. The summed E-state index contributed by atoms with van der Waals surface area (Å²) in [6, 6.07) is 7.90. The normalized spacial score (nSPS) is 28.4. The van der Waals surface area contributed by atoms with Gasteiger partial charge in [-0.1, -0.05) is 17.7 Å². The van der Waals surface area contributed by atoms with E-state index in [0.29, 0.717) is 13.1 Å². The highest BCUT2D eigenvalue weighted by molar-refractivity contribution is 6.11. The Bertz CT molecular complexity index is 576. The Labute approximate surface area is 123 Å². The van der Waals surface area contributed by atoms with Crippen LogP contribution in [0.15, 0.2) is 24.3 Å². The van der Waals surface area contributed by atoms with Crippen molar-refractivity contribution < 1.29 is 14.3 Å². The van der Waals surface area contributed by atoms with Crippen LogP contribution >= 0.6 is 0 Å². The molecular formula is C15H19N3O3. The average molecular weight is 289 g/mol. The van der Waals surface area contributed by atoms with Gasteiger partial charge in [0.05, 0.1) is 7.11 Å². The van der Waals surface area contributed by atoms with Gasteiger partial charge in [0.25, 0.3) is 11.6 Å². The van der Waals surface area contributed by atoms with Crippen molar-refractivity contribution in [3.8, 4) is 0 Å². The molecule has 2 fully saturated rings. The van der Waals surface area contributed by atoms with Crippen molar-refractivity contribution in [2.45, 2.75) is 18.6 Å². The molecule has 2 saturated heterocycles. The van der Waals surface area contributed by atoms with Crippen LogP contribution in [0.25, 0.3) is 0 Å². The van der Waals surface area contributed by atoms with Crippen LogP contribution in [-0.4, -0.2) is 55.7 Å². The molecule has 0 saturated carbocycles. The number of methoxy groups -OCH3 is 1. The number of hydrogen-bond acceptors (Lipinski definition) is 5. The third-order valence-corrected chi connectivity index (χ3v) is 4.47. The van der Waals surface area contributed by atoms with Crippen molar-refractivity contribution in [1.29, 1.82) is 0 Å². The van der Waals surface area contributed by atoms with Gasteiger partial charge in [-0.15, -0.1) is 0 Å². The zero-order chi connectivity index (χ0) is 15.2. The first-order valence-electron chi connectivity index (χ1n) is 6.95. The average Bonchev–Trinajstić information content (AvgIpc) is 2.68. The van der Waals surface area contributed by atoms with E-state index in [4.69, 9.17) is 4.74 Å². The Morgan fingerprint density at radius 3 is 2.67 bits per heavy atom. The molecule has 6 nitrogen and oxygen atoms in total. The molecular weight excluding hydrogens is 270 g/mol. The summed E-state index contributed by atoms with van der Waals surface area (Å²) in [5, 5.41) is 2.82.